The molecule has 1 aromatic carbocycles. The number of carbonyl (C=O) groups is 2. The molecule has 4 fully saturated rings. The van der Waals surface area contributed by atoms with Gasteiger partial charge in [-0.25, -0.2) is 4.39 Å². The predicted molar refractivity (Wildman–Crippen MR) is 99.5 cm³/mol. The number of anilines is 1. The lowest BCUT2D eigenvalue weighted by molar-refractivity contribution is -0.170. The Morgan fingerprint density at radius 3 is 2.62 bits per heavy atom. The van der Waals surface area contributed by atoms with E-state index >= 15 is 0 Å². The molecule has 4 aliphatic rings. The molecule has 4 aliphatic carbocycles. The molecule has 4 nitrogen and oxygen atoms in total. The molecule has 1 aromatic rings. The first-order valence-corrected chi connectivity index (χ1v) is 9.98. The average molecular weight is 424 g/mol. The minimum Gasteiger partial charge on any atom is -0.455 e. The van der Waals surface area contributed by atoms with Crippen LogP contribution < -0.4 is 5.32 Å². The zero-order valence-electron chi connectivity index (χ0n) is 14.8. The molecule has 26 heavy (non-hydrogen) atoms. The maximum absolute atomic E-state index is 13.3. The van der Waals surface area contributed by atoms with Gasteiger partial charge in [0.15, 0.2) is 6.61 Å². The Bertz CT molecular complexity index is 751. The van der Waals surface area contributed by atoms with Crippen molar-refractivity contribution in [3.05, 3.63) is 29.6 Å². The third-order valence-corrected chi connectivity index (χ3v) is 7.16. The van der Waals surface area contributed by atoms with E-state index in [4.69, 9.17) is 4.74 Å². The van der Waals surface area contributed by atoms with Gasteiger partial charge >= 0.3 is 5.97 Å². The largest absolute Gasteiger partial charge is 0.455 e. The summed E-state index contributed by atoms with van der Waals surface area (Å²) in [7, 11) is 0. The second-order valence-electron chi connectivity index (χ2n) is 8.48. The van der Waals surface area contributed by atoms with E-state index in [0.717, 1.165) is 37.7 Å². The standard InChI is InChI=1S/C20H23BrFNO3/c1-12-2-3-15(22)5-16(12)23-17(24)10-26-18(25)19-6-13-4-14(7-19)9-20(21,8-13)11-19/h2-3,5,13-14H,4,6-11H2,1H3,(H,23,24)/t13-,14-,19?,20?/m1/s1. The SMILES string of the molecule is Cc1ccc(F)cc1NC(=O)COC(=O)C12C[C@H]3C[C@@H](CC(Br)(C3)C1)C2. The fourth-order valence-corrected chi connectivity index (χ4v) is 7.04. The quantitative estimate of drug-likeness (QED) is 0.578. The van der Waals surface area contributed by atoms with Crippen LogP contribution in [0.4, 0.5) is 10.1 Å². The number of rotatable bonds is 4. The number of nitrogens with one attached hydrogen (secondary N) is 1. The van der Waals surface area contributed by atoms with Crippen LogP contribution in [0.15, 0.2) is 18.2 Å². The third kappa shape index (κ3) is 3.28. The lowest BCUT2D eigenvalue weighted by Crippen LogP contribution is -2.56. The molecule has 0 saturated heterocycles. The normalized spacial score (nSPS) is 34.6. The summed E-state index contributed by atoms with van der Waals surface area (Å²) in [4.78, 5) is 25.0. The van der Waals surface area contributed by atoms with Crippen molar-refractivity contribution in [1.29, 1.82) is 0 Å². The van der Waals surface area contributed by atoms with Crippen LogP contribution in [0.25, 0.3) is 0 Å². The van der Waals surface area contributed by atoms with Gasteiger partial charge in [0.05, 0.1) is 5.41 Å². The number of ether oxygens (including phenoxy) is 1. The molecule has 1 amide bonds. The molecular weight excluding hydrogens is 401 g/mol. The van der Waals surface area contributed by atoms with Crippen molar-refractivity contribution >= 4 is 33.5 Å². The van der Waals surface area contributed by atoms with E-state index in [1.165, 1.54) is 18.6 Å². The maximum Gasteiger partial charge on any atom is 0.312 e. The van der Waals surface area contributed by atoms with E-state index in [2.05, 4.69) is 21.2 Å². The molecule has 1 N–H and O–H groups in total. The Kier molecular flexibility index (Phi) is 4.37. The van der Waals surface area contributed by atoms with Crippen molar-refractivity contribution in [2.75, 3.05) is 11.9 Å². The van der Waals surface area contributed by atoms with Crippen LogP contribution in [0, 0.1) is 30.0 Å². The van der Waals surface area contributed by atoms with E-state index in [0.29, 0.717) is 17.5 Å². The van der Waals surface area contributed by atoms with Crippen molar-refractivity contribution < 1.29 is 18.7 Å². The first kappa shape index (κ1) is 18.0. The van der Waals surface area contributed by atoms with E-state index in [9.17, 15) is 14.0 Å². The Balaban J connectivity index is 1.38. The van der Waals surface area contributed by atoms with Crippen LogP contribution >= 0.6 is 15.9 Å². The summed E-state index contributed by atoms with van der Waals surface area (Å²) in [6.45, 7) is 1.45. The van der Waals surface area contributed by atoms with Gasteiger partial charge in [0, 0.05) is 10.0 Å². The Labute approximate surface area is 161 Å². The van der Waals surface area contributed by atoms with Crippen molar-refractivity contribution in [2.24, 2.45) is 17.3 Å². The van der Waals surface area contributed by atoms with Crippen molar-refractivity contribution in [3.8, 4) is 0 Å². The van der Waals surface area contributed by atoms with E-state index in [-0.39, 0.29) is 16.9 Å². The molecule has 0 unspecified atom stereocenters. The van der Waals surface area contributed by atoms with Crippen molar-refractivity contribution in [2.45, 2.75) is 49.8 Å². The number of alkyl halides is 1. The van der Waals surface area contributed by atoms with Crippen molar-refractivity contribution in [1.82, 2.24) is 0 Å². The van der Waals surface area contributed by atoms with Crippen LogP contribution in [0.5, 0.6) is 0 Å². The first-order chi connectivity index (χ1) is 12.3. The molecule has 5 rings (SSSR count). The summed E-state index contributed by atoms with van der Waals surface area (Å²) in [5.41, 5.74) is 0.719. The van der Waals surface area contributed by atoms with Gasteiger partial charge in [-0.3, -0.25) is 9.59 Å². The molecule has 0 aromatic heterocycles. The highest BCUT2D eigenvalue weighted by Crippen LogP contribution is 2.64. The zero-order valence-corrected chi connectivity index (χ0v) is 16.4. The molecule has 4 saturated carbocycles. The minimum atomic E-state index is -0.442. The van der Waals surface area contributed by atoms with Gasteiger partial charge < -0.3 is 10.1 Å². The second-order valence-corrected chi connectivity index (χ2v) is 10.2. The fraction of sp³-hybridized carbons (Fsp3) is 0.600. The van der Waals surface area contributed by atoms with Crippen LogP contribution in [0.1, 0.15) is 44.1 Å². The summed E-state index contributed by atoms with van der Waals surface area (Å²) < 4.78 is 18.8. The zero-order chi connectivity index (χ0) is 18.5. The van der Waals surface area contributed by atoms with Gasteiger partial charge in [-0.1, -0.05) is 22.0 Å². The van der Waals surface area contributed by atoms with Crippen LogP contribution in [-0.4, -0.2) is 22.8 Å². The summed E-state index contributed by atoms with van der Waals surface area (Å²) in [5.74, 6) is 0.0462. The molecule has 0 heterocycles. The summed E-state index contributed by atoms with van der Waals surface area (Å²) >= 11 is 3.88. The van der Waals surface area contributed by atoms with E-state index in [1.807, 2.05) is 0 Å². The molecule has 4 bridgehead atoms. The number of esters is 1. The van der Waals surface area contributed by atoms with Gasteiger partial charge in [-0.15, -0.1) is 0 Å². The average Bonchev–Trinajstić information content (AvgIpc) is 2.53. The molecular formula is C20H23BrFNO3. The van der Waals surface area contributed by atoms with E-state index in [1.54, 1.807) is 13.0 Å². The predicted octanol–water partition coefficient (Wildman–Crippen LogP) is 4.35. The van der Waals surface area contributed by atoms with Gasteiger partial charge in [-0.2, -0.15) is 0 Å². The topological polar surface area (TPSA) is 55.4 Å². The highest BCUT2D eigenvalue weighted by Gasteiger charge is 2.60. The summed E-state index contributed by atoms with van der Waals surface area (Å²) in [6.07, 6.45) is 6.04. The minimum absolute atomic E-state index is 0.0665. The highest BCUT2D eigenvalue weighted by molar-refractivity contribution is 9.10. The number of halogens is 2. The van der Waals surface area contributed by atoms with Gasteiger partial charge in [0.1, 0.15) is 5.82 Å². The molecule has 140 valence electrons. The molecule has 0 aliphatic heterocycles. The summed E-state index contributed by atoms with van der Waals surface area (Å²) in [5, 5.41) is 2.62. The number of benzene rings is 1. The van der Waals surface area contributed by atoms with Gasteiger partial charge in [0.25, 0.3) is 5.91 Å². The molecule has 6 heteroatoms. The van der Waals surface area contributed by atoms with Crippen molar-refractivity contribution in [3.63, 3.8) is 0 Å². The lowest BCUT2D eigenvalue weighted by atomic mass is 9.49. The Hall–Kier alpha value is -1.43. The van der Waals surface area contributed by atoms with E-state index < -0.39 is 17.1 Å². The van der Waals surface area contributed by atoms with Crippen LogP contribution in [0.2, 0.25) is 0 Å². The fourth-order valence-electron chi connectivity index (χ4n) is 5.59. The number of hydrogen-bond acceptors (Lipinski definition) is 3. The van der Waals surface area contributed by atoms with Gasteiger partial charge in [0.2, 0.25) is 0 Å². The number of hydrogen-bond donors (Lipinski definition) is 1. The highest BCUT2D eigenvalue weighted by atomic mass is 79.9. The maximum atomic E-state index is 13.3. The second kappa shape index (κ2) is 6.32. The molecule has 0 radical (unpaired) electrons. The van der Waals surface area contributed by atoms with Gasteiger partial charge in [-0.05, 0) is 75.0 Å². The molecule has 2 atom stereocenters. The third-order valence-electron chi connectivity index (χ3n) is 6.23. The monoisotopic (exact) mass is 423 g/mol. The Morgan fingerprint density at radius 2 is 1.96 bits per heavy atom. The molecule has 0 spiro atoms. The Morgan fingerprint density at radius 1 is 1.27 bits per heavy atom. The van der Waals surface area contributed by atoms with Crippen LogP contribution in [-0.2, 0) is 14.3 Å². The number of amides is 1. The lowest BCUT2D eigenvalue weighted by Gasteiger charge is -2.58. The van der Waals surface area contributed by atoms with Crippen LogP contribution in [0.3, 0.4) is 0 Å². The first-order valence-electron chi connectivity index (χ1n) is 9.19. The smallest absolute Gasteiger partial charge is 0.312 e. The number of carbonyl (C=O) groups excluding carboxylic acids is 2. The number of aryl methyl sites for hydroxylation is 1. The summed E-state index contributed by atoms with van der Waals surface area (Å²) in [6, 6.07) is 4.21.